The van der Waals surface area contributed by atoms with Crippen molar-refractivity contribution in [2.75, 3.05) is 24.9 Å². The Balaban J connectivity index is 1.50. The van der Waals surface area contributed by atoms with E-state index in [-0.39, 0.29) is 29.6 Å². The minimum absolute atomic E-state index is 0.0888. The van der Waals surface area contributed by atoms with Gasteiger partial charge in [-0.2, -0.15) is 0 Å². The SMILES string of the molecule is CCOC(=O)c1c(NC(=O)CCCl)sc2c1[C@]1(C)CC[C@@H]3c4ccc(OC)cc4CC[C@@H]3[C@H]1C2. The second kappa shape index (κ2) is 9.19. The van der Waals surface area contributed by atoms with Crippen LogP contribution in [0.25, 0.3) is 0 Å². The van der Waals surface area contributed by atoms with E-state index in [2.05, 4.69) is 30.4 Å². The number of amides is 1. The third-order valence-electron chi connectivity index (χ3n) is 8.33. The molecule has 5 rings (SSSR count). The maximum Gasteiger partial charge on any atom is 0.341 e. The van der Waals surface area contributed by atoms with Gasteiger partial charge in [0.1, 0.15) is 10.8 Å². The lowest BCUT2D eigenvalue weighted by Gasteiger charge is -2.49. The molecule has 0 radical (unpaired) electrons. The Labute approximate surface area is 210 Å². The van der Waals surface area contributed by atoms with E-state index in [1.165, 1.54) is 16.0 Å². The molecule has 3 aliphatic rings. The number of rotatable bonds is 6. The number of fused-ring (bicyclic) bond motifs is 7. The monoisotopic (exact) mass is 501 g/mol. The Morgan fingerprint density at radius 3 is 2.85 bits per heavy atom. The van der Waals surface area contributed by atoms with E-state index in [0.29, 0.717) is 34.9 Å². The van der Waals surface area contributed by atoms with Crippen molar-refractivity contribution >= 4 is 39.8 Å². The molecule has 3 aliphatic carbocycles. The zero-order valence-corrected chi connectivity index (χ0v) is 21.6. The molecule has 7 heteroatoms. The molecular formula is C27H32ClNO4S. The molecule has 34 heavy (non-hydrogen) atoms. The van der Waals surface area contributed by atoms with Crippen LogP contribution in [-0.2, 0) is 27.8 Å². The van der Waals surface area contributed by atoms with Gasteiger partial charge in [0.05, 0.1) is 19.3 Å². The molecule has 1 aromatic carbocycles. The van der Waals surface area contributed by atoms with E-state index in [0.717, 1.165) is 43.4 Å². The number of hydrogen-bond donors (Lipinski definition) is 1. The number of hydrogen-bond acceptors (Lipinski definition) is 5. The maximum atomic E-state index is 13.1. The van der Waals surface area contributed by atoms with E-state index in [1.54, 1.807) is 18.4 Å². The molecule has 1 fully saturated rings. The zero-order valence-electron chi connectivity index (χ0n) is 20.0. The highest BCUT2D eigenvalue weighted by Crippen LogP contribution is 2.63. The van der Waals surface area contributed by atoms with Gasteiger partial charge in [-0.25, -0.2) is 4.79 Å². The van der Waals surface area contributed by atoms with E-state index in [4.69, 9.17) is 21.1 Å². The van der Waals surface area contributed by atoms with E-state index >= 15 is 0 Å². The average Bonchev–Trinajstić information content (AvgIpc) is 3.32. The van der Waals surface area contributed by atoms with Gasteiger partial charge >= 0.3 is 5.97 Å². The molecule has 5 nitrogen and oxygen atoms in total. The lowest BCUT2D eigenvalue weighted by Crippen LogP contribution is -2.43. The number of aryl methyl sites for hydroxylation is 1. The quantitative estimate of drug-likeness (QED) is 0.385. The van der Waals surface area contributed by atoms with Crippen LogP contribution in [0.1, 0.15) is 77.4 Å². The highest BCUT2D eigenvalue weighted by atomic mass is 35.5. The van der Waals surface area contributed by atoms with Gasteiger partial charge in [-0.3, -0.25) is 4.79 Å². The number of thiophene rings is 1. The van der Waals surface area contributed by atoms with Gasteiger partial charge in [0.15, 0.2) is 0 Å². The summed E-state index contributed by atoms with van der Waals surface area (Å²) < 4.78 is 10.9. The standard InChI is InChI=1S/C27H32ClNO4S/c1-4-33-26(31)23-24-21(34-25(23)29-22(30)10-12-28)14-20-19-7-5-15-13-16(32-3)6-8-17(15)18(19)9-11-27(20,24)2/h6,8,13,18-20H,4-5,7,9-12,14H2,1-3H3,(H,29,30)/t18-,19+,20-,27-/m1/s1. The number of benzene rings is 1. The maximum absolute atomic E-state index is 13.1. The number of esters is 1. The molecule has 0 bridgehead atoms. The Morgan fingerprint density at radius 2 is 2.12 bits per heavy atom. The third kappa shape index (κ3) is 3.74. The Kier molecular flexibility index (Phi) is 6.40. The van der Waals surface area contributed by atoms with Gasteiger partial charge in [0, 0.05) is 17.2 Å². The molecule has 182 valence electrons. The van der Waals surface area contributed by atoms with Crippen LogP contribution >= 0.6 is 22.9 Å². The van der Waals surface area contributed by atoms with Gasteiger partial charge in [-0.05, 0) is 91.0 Å². The van der Waals surface area contributed by atoms with Crippen molar-refractivity contribution in [1.29, 1.82) is 0 Å². The van der Waals surface area contributed by atoms with Crippen molar-refractivity contribution in [2.45, 2.75) is 63.7 Å². The summed E-state index contributed by atoms with van der Waals surface area (Å²) in [6.07, 6.45) is 5.53. The molecule has 4 atom stereocenters. The van der Waals surface area contributed by atoms with Crippen LogP contribution in [0.2, 0.25) is 0 Å². The number of ether oxygens (including phenoxy) is 2. The van der Waals surface area contributed by atoms with Crippen molar-refractivity contribution in [1.82, 2.24) is 0 Å². The zero-order chi connectivity index (χ0) is 24.0. The molecule has 1 N–H and O–H groups in total. The van der Waals surface area contributed by atoms with Crippen LogP contribution in [-0.4, -0.2) is 31.5 Å². The van der Waals surface area contributed by atoms with E-state index in [9.17, 15) is 9.59 Å². The predicted octanol–water partition coefficient (Wildman–Crippen LogP) is 6.07. The first-order chi connectivity index (χ1) is 16.4. The summed E-state index contributed by atoms with van der Waals surface area (Å²) in [5.41, 5.74) is 4.52. The molecule has 2 aromatic rings. The summed E-state index contributed by atoms with van der Waals surface area (Å²) in [6, 6.07) is 6.57. The molecule has 1 saturated carbocycles. The molecule has 0 aliphatic heterocycles. The van der Waals surface area contributed by atoms with Crippen LogP contribution in [0.5, 0.6) is 5.75 Å². The first-order valence-electron chi connectivity index (χ1n) is 12.3. The topological polar surface area (TPSA) is 64.6 Å². The van der Waals surface area contributed by atoms with Crippen LogP contribution in [0.3, 0.4) is 0 Å². The number of anilines is 1. The van der Waals surface area contributed by atoms with Gasteiger partial charge in [-0.1, -0.05) is 13.0 Å². The second-order valence-electron chi connectivity index (χ2n) is 9.95. The second-order valence-corrected chi connectivity index (χ2v) is 11.4. The van der Waals surface area contributed by atoms with Crippen molar-refractivity contribution in [3.8, 4) is 5.75 Å². The van der Waals surface area contributed by atoms with Crippen LogP contribution in [0.15, 0.2) is 18.2 Å². The lowest BCUT2D eigenvalue weighted by atomic mass is 9.54. The number of nitrogens with one attached hydrogen (secondary N) is 1. The summed E-state index contributed by atoms with van der Waals surface area (Å²) in [5, 5.41) is 3.58. The summed E-state index contributed by atoms with van der Waals surface area (Å²) in [4.78, 5) is 26.7. The van der Waals surface area contributed by atoms with Gasteiger partial charge in [0.25, 0.3) is 0 Å². The number of halogens is 1. The van der Waals surface area contributed by atoms with Gasteiger partial charge in [-0.15, -0.1) is 22.9 Å². The van der Waals surface area contributed by atoms with E-state index < -0.39 is 0 Å². The molecule has 0 unspecified atom stereocenters. The molecule has 0 saturated heterocycles. The minimum atomic E-state index is -0.328. The summed E-state index contributed by atoms with van der Waals surface area (Å²) in [7, 11) is 1.73. The van der Waals surface area contributed by atoms with Crippen LogP contribution < -0.4 is 10.1 Å². The fraction of sp³-hybridized carbons (Fsp3) is 0.556. The minimum Gasteiger partial charge on any atom is -0.497 e. The summed E-state index contributed by atoms with van der Waals surface area (Å²) in [5.74, 6) is 2.32. The molecular weight excluding hydrogens is 470 g/mol. The number of carbonyl (C=O) groups excluding carboxylic acids is 2. The van der Waals surface area contributed by atoms with Crippen LogP contribution in [0, 0.1) is 11.8 Å². The molecule has 1 amide bonds. The highest BCUT2D eigenvalue weighted by molar-refractivity contribution is 7.17. The normalized spacial score (nSPS) is 26.6. The number of alkyl halides is 1. The van der Waals surface area contributed by atoms with Crippen molar-refractivity contribution in [2.24, 2.45) is 11.8 Å². The Morgan fingerprint density at radius 1 is 1.29 bits per heavy atom. The third-order valence-corrected chi connectivity index (χ3v) is 9.65. The van der Waals surface area contributed by atoms with Crippen molar-refractivity contribution < 1.29 is 19.1 Å². The first-order valence-corrected chi connectivity index (χ1v) is 13.6. The summed E-state index contributed by atoms with van der Waals surface area (Å²) >= 11 is 7.32. The number of methoxy groups -OCH3 is 1. The Bertz CT molecular complexity index is 1130. The van der Waals surface area contributed by atoms with Crippen molar-refractivity contribution in [3.05, 3.63) is 45.3 Å². The van der Waals surface area contributed by atoms with Gasteiger partial charge < -0.3 is 14.8 Å². The fourth-order valence-corrected chi connectivity index (χ4v) is 8.45. The predicted molar refractivity (Wildman–Crippen MR) is 136 cm³/mol. The largest absolute Gasteiger partial charge is 0.497 e. The molecule has 1 heterocycles. The summed E-state index contributed by atoms with van der Waals surface area (Å²) in [6.45, 7) is 4.47. The molecule has 1 aromatic heterocycles. The van der Waals surface area contributed by atoms with Crippen LogP contribution in [0.4, 0.5) is 5.00 Å². The average molecular weight is 502 g/mol. The lowest BCUT2D eigenvalue weighted by molar-refractivity contribution is -0.115. The highest BCUT2D eigenvalue weighted by Gasteiger charge is 2.55. The van der Waals surface area contributed by atoms with Gasteiger partial charge in [0.2, 0.25) is 5.91 Å². The number of carbonyl (C=O) groups is 2. The van der Waals surface area contributed by atoms with Crippen molar-refractivity contribution in [3.63, 3.8) is 0 Å². The molecule has 0 spiro atoms. The fourth-order valence-electron chi connectivity index (χ4n) is 6.88. The Hall–Kier alpha value is -2.05. The van der Waals surface area contributed by atoms with E-state index in [1.807, 2.05) is 6.92 Å². The smallest absolute Gasteiger partial charge is 0.341 e. The first kappa shape index (κ1) is 23.7.